The highest BCUT2D eigenvalue weighted by atomic mass is 19.1. The molecular formula is C28H35FN6O5. The number of nitrogens with zero attached hydrogens (tertiary/aromatic N) is 3. The Bertz CT molecular complexity index is 1490. The molecule has 0 bridgehead atoms. The van der Waals surface area contributed by atoms with Crippen molar-refractivity contribution in [3.8, 4) is 0 Å². The number of carbonyl (C=O) groups is 3. The third kappa shape index (κ3) is 7.33. The highest BCUT2D eigenvalue weighted by Crippen LogP contribution is 2.27. The summed E-state index contributed by atoms with van der Waals surface area (Å²) < 4.78 is 15.9. The molecule has 0 fully saturated rings. The first kappa shape index (κ1) is 30.1. The van der Waals surface area contributed by atoms with Crippen molar-refractivity contribution in [2.75, 3.05) is 19.4 Å². The monoisotopic (exact) mass is 554 g/mol. The molecule has 3 heterocycles. The molecule has 12 heteroatoms. The van der Waals surface area contributed by atoms with E-state index in [4.69, 9.17) is 0 Å². The van der Waals surface area contributed by atoms with Gasteiger partial charge in [0.2, 0.25) is 11.8 Å². The number of hydrogen-bond donors (Lipinski definition) is 4. The van der Waals surface area contributed by atoms with Gasteiger partial charge in [-0.2, -0.15) is 0 Å². The van der Waals surface area contributed by atoms with Crippen molar-refractivity contribution >= 4 is 34.6 Å². The average molecular weight is 555 g/mol. The summed E-state index contributed by atoms with van der Waals surface area (Å²) in [6, 6.07) is 1.87. The number of fused-ring (bicyclic) bond motifs is 1. The van der Waals surface area contributed by atoms with E-state index >= 15 is 0 Å². The maximum atomic E-state index is 14.6. The van der Waals surface area contributed by atoms with Gasteiger partial charge in [0.25, 0.3) is 5.56 Å². The molecule has 1 atom stereocenters. The fraction of sp³-hybridized carbons (Fsp3) is 0.393. The maximum absolute atomic E-state index is 14.6. The summed E-state index contributed by atoms with van der Waals surface area (Å²) in [5, 5.41) is 13.9. The van der Waals surface area contributed by atoms with E-state index in [1.54, 1.807) is 32.4 Å². The van der Waals surface area contributed by atoms with Crippen LogP contribution in [0.25, 0.3) is 11.0 Å². The summed E-state index contributed by atoms with van der Waals surface area (Å²) in [5.41, 5.74) is 2.71. The zero-order valence-electron chi connectivity index (χ0n) is 23.2. The molecule has 0 aliphatic heterocycles. The van der Waals surface area contributed by atoms with E-state index in [1.165, 1.54) is 27.8 Å². The van der Waals surface area contributed by atoms with Crippen molar-refractivity contribution in [2.24, 2.45) is 5.92 Å². The highest BCUT2D eigenvalue weighted by Gasteiger charge is 2.22. The lowest BCUT2D eigenvalue weighted by atomic mass is 10.0. The minimum Gasteiger partial charge on any atom is -0.465 e. The molecule has 0 aliphatic rings. The number of carboxylic acid groups (broad SMARTS) is 1. The van der Waals surface area contributed by atoms with Gasteiger partial charge in [-0.15, -0.1) is 0 Å². The van der Waals surface area contributed by atoms with Gasteiger partial charge in [-0.05, 0) is 55.9 Å². The Kier molecular flexibility index (Phi) is 9.81. The third-order valence-corrected chi connectivity index (χ3v) is 6.37. The molecule has 3 aromatic rings. The van der Waals surface area contributed by atoms with Gasteiger partial charge in [0.15, 0.2) is 0 Å². The molecule has 3 amide bonds. The molecule has 11 nitrogen and oxygen atoms in total. The van der Waals surface area contributed by atoms with Crippen molar-refractivity contribution in [1.82, 2.24) is 24.8 Å². The molecular weight excluding hydrogens is 519 g/mol. The van der Waals surface area contributed by atoms with E-state index in [-0.39, 0.29) is 42.7 Å². The number of rotatable bonds is 11. The van der Waals surface area contributed by atoms with Gasteiger partial charge in [0.05, 0.1) is 23.8 Å². The average Bonchev–Trinajstić information content (AvgIpc) is 3.19. The molecule has 40 heavy (non-hydrogen) atoms. The number of nitrogens with one attached hydrogen (secondary N) is 3. The van der Waals surface area contributed by atoms with Gasteiger partial charge in [0.1, 0.15) is 17.5 Å². The topological polar surface area (TPSA) is 149 Å². The van der Waals surface area contributed by atoms with Gasteiger partial charge in [-0.1, -0.05) is 19.9 Å². The molecule has 214 valence electrons. The Hall–Kier alpha value is -4.48. The van der Waals surface area contributed by atoms with Crippen LogP contribution in [0.5, 0.6) is 0 Å². The second-order valence-corrected chi connectivity index (χ2v) is 10.2. The predicted molar refractivity (Wildman–Crippen MR) is 150 cm³/mol. The number of aromatic nitrogens is 3. The lowest BCUT2D eigenvalue weighted by Crippen LogP contribution is -2.44. The van der Waals surface area contributed by atoms with Crippen molar-refractivity contribution in [2.45, 2.75) is 52.6 Å². The number of H-pyrrole nitrogens is 1. The van der Waals surface area contributed by atoms with E-state index in [0.29, 0.717) is 28.7 Å². The number of amides is 3. The van der Waals surface area contributed by atoms with Crippen molar-refractivity contribution in [1.29, 1.82) is 0 Å². The number of allylic oxidation sites excluding steroid dienone is 1. The van der Waals surface area contributed by atoms with Crippen LogP contribution in [0.3, 0.4) is 0 Å². The molecule has 4 N–H and O–H groups in total. The van der Waals surface area contributed by atoms with E-state index in [2.05, 4.69) is 20.6 Å². The van der Waals surface area contributed by atoms with Crippen LogP contribution >= 0.6 is 0 Å². The molecule has 0 aromatic carbocycles. The third-order valence-electron chi connectivity index (χ3n) is 6.37. The Balaban J connectivity index is 1.81. The second kappa shape index (κ2) is 13.0. The fourth-order valence-electron chi connectivity index (χ4n) is 4.26. The molecule has 0 saturated heterocycles. The zero-order valence-corrected chi connectivity index (χ0v) is 23.2. The van der Waals surface area contributed by atoms with Crippen molar-refractivity contribution in [3.63, 3.8) is 0 Å². The minimum absolute atomic E-state index is 0.0264. The Morgan fingerprint density at radius 1 is 1.27 bits per heavy atom. The van der Waals surface area contributed by atoms with Gasteiger partial charge in [-0.3, -0.25) is 19.4 Å². The number of halogens is 1. The molecule has 3 rings (SSSR count). The second-order valence-electron chi connectivity index (χ2n) is 10.2. The first-order valence-electron chi connectivity index (χ1n) is 12.9. The highest BCUT2D eigenvalue weighted by molar-refractivity contribution is 5.96. The van der Waals surface area contributed by atoms with E-state index < -0.39 is 23.6 Å². The molecule has 0 unspecified atom stereocenters. The summed E-state index contributed by atoms with van der Waals surface area (Å²) >= 11 is 0. The van der Waals surface area contributed by atoms with Crippen molar-refractivity contribution < 1.29 is 23.9 Å². The normalized spacial score (nSPS) is 12.2. The summed E-state index contributed by atoms with van der Waals surface area (Å²) in [6.07, 6.45) is 5.13. The summed E-state index contributed by atoms with van der Waals surface area (Å²) in [6.45, 7) is 5.97. The number of aromatic amines is 1. The Morgan fingerprint density at radius 3 is 2.65 bits per heavy atom. The van der Waals surface area contributed by atoms with Crippen LogP contribution < -0.4 is 16.2 Å². The molecule has 0 saturated carbocycles. The molecule has 0 aliphatic carbocycles. The first-order chi connectivity index (χ1) is 18.9. The zero-order chi connectivity index (χ0) is 29.6. The van der Waals surface area contributed by atoms with Gasteiger partial charge < -0.3 is 30.2 Å². The summed E-state index contributed by atoms with van der Waals surface area (Å²) in [7, 11) is 3.20. The molecule has 0 radical (unpaired) electrons. The van der Waals surface area contributed by atoms with Crippen LogP contribution in [-0.4, -0.2) is 62.6 Å². The maximum Gasteiger partial charge on any atom is 0.405 e. The smallest absolute Gasteiger partial charge is 0.405 e. The number of hydrogen-bond acceptors (Lipinski definition) is 5. The van der Waals surface area contributed by atoms with E-state index in [0.717, 1.165) is 5.56 Å². The van der Waals surface area contributed by atoms with Gasteiger partial charge in [0, 0.05) is 31.5 Å². The van der Waals surface area contributed by atoms with Crippen LogP contribution in [-0.2, 0) is 22.6 Å². The quantitative estimate of drug-likeness (QED) is 0.267. The standard InChI is InChI=1S/C28H35FN6O5/c1-16(2)13-18-19(29)14-30-24-17(3)22(31-25(18)24)15-35-12-8-10-21(27(35)38)32-26(37)20(33-28(39)40)9-6-7-11-23(36)34(4)5/h7-8,10-12,14,16,20,31,33H,6,9,13,15H2,1-5H3,(H,32,37)(H,39,40)/b11-7+/t20-/m0/s1. The minimum atomic E-state index is -1.39. The molecule has 3 aromatic heterocycles. The van der Waals surface area contributed by atoms with E-state index in [1.807, 2.05) is 20.8 Å². The van der Waals surface area contributed by atoms with Crippen LogP contribution in [0.4, 0.5) is 14.9 Å². The van der Waals surface area contributed by atoms with Crippen LogP contribution in [0, 0.1) is 18.7 Å². The summed E-state index contributed by atoms with van der Waals surface area (Å²) in [4.78, 5) is 57.9. The van der Waals surface area contributed by atoms with Gasteiger partial charge >= 0.3 is 6.09 Å². The van der Waals surface area contributed by atoms with E-state index in [9.17, 15) is 28.7 Å². The fourth-order valence-corrected chi connectivity index (χ4v) is 4.26. The lowest BCUT2D eigenvalue weighted by Gasteiger charge is -2.16. The van der Waals surface area contributed by atoms with Gasteiger partial charge in [-0.25, -0.2) is 9.18 Å². The van der Waals surface area contributed by atoms with Crippen LogP contribution in [0.1, 0.15) is 43.5 Å². The predicted octanol–water partition coefficient (Wildman–Crippen LogP) is 3.42. The Morgan fingerprint density at radius 2 is 2.00 bits per heavy atom. The number of likely N-dealkylation sites (N-methyl/N-ethyl adjacent to an activating group) is 1. The molecule has 0 spiro atoms. The summed E-state index contributed by atoms with van der Waals surface area (Å²) in [5.74, 6) is -1.10. The largest absolute Gasteiger partial charge is 0.465 e. The number of aryl methyl sites for hydroxylation is 1. The lowest BCUT2D eigenvalue weighted by molar-refractivity contribution is -0.123. The SMILES string of the molecule is Cc1c(Cn2cccc(NC(=O)[C@H](CC/C=C/C(=O)N(C)C)NC(=O)O)c2=O)[nH]c2c(CC(C)C)c(F)cnc12. The van der Waals surface area contributed by atoms with Crippen LogP contribution in [0.2, 0.25) is 0 Å². The number of anilines is 1. The first-order valence-corrected chi connectivity index (χ1v) is 12.9. The van der Waals surface area contributed by atoms with Crippen LogP contribution in [0.15, 0.2) is 41.5 Å². The number of pyridine rings is 2. The number of carbonyl (C=O) groups excluding carboxylic acids is 2. The Labute approximate surface area is 231 Å². The van der Waals surface area contributed by atoms with Crippen molar-refractivity contribution in [3.05, 3.63) is 69.7 Å².